The van der Waals surface area contributed by atoms with Crippen LogP contribution in [-0.2, 0) is 0 Å². The summed E-state index contributed by atoms with van der Waals surface area (Å²) in [5.74, 6) is 0.967. The van der Waals surface area contributed by atoms with Crippen molar-refractivity contribution in [3.8, 4) is 5.75 Å². The number of nitrogen functional groups attached to an aromatic ring is 1. The van der Waals surface area contributed by atoms with Gasteiger partial charge in [0.15, 0.2) is 0 Å². The predicted molar refractivity (Wildman–Crippen MR) is 78.8 cm³/mol. The Kier molecular flexibility index (Phi) is 3.51. The molecule has 4 nitrogen and oxygen atoms in total. The van der Waals surface area contributed by atoms with Gasteiger partial charge in [-0.3, -0.25) is 0 Å². The van der Waals surface area contributed by atoms with E-state index in [0.717, 1.165) is 36.8 Å². The average Bonchev–Trinajstić information content (AvgIpc) is 2.89. The van der Waals surface area contributed by atoms with Crippen LogP contribution in [0, 0.1) is 0 Å². The summed E-state index contributed by atoms with van der Waals surface area (Å²) < 4.78 is 5.88. The molecule has 0 aliphatic carbocycles. The molecule has 19 heavy (non-hydrogen) atoms. The van der Waals surface area contributed by atoms with E-state index < -0.39 is 0 Å². The van der Waals surface area contributed by atoms with Crippen molar-refractivity contribution in [3.05, 3.63) is 18.2 Å². The van der Waals surface area contributed by atoms with Crippen LogP contribution in [0.3, 0.4) is 0 Å². The Balaban J connectivity index is 1.72. The Morgan fingerprint density at radius 2 is 2.05 bits per heavy atom. The lowest BCUT2D eigenvalue weighted by atomic mass is 10.2. The second-order valence-corrected chi connectivity index (χ2v) is 5.65. The van der Waals surface area contributed by atoms with Crippen LogP contribution in [0.1, 0.15) is 19.8 Å². The van der Waals surface area contributed by atoms with Gasteiger partial charge in [-0.15, -0.1) is 0 Å². The summed E-state index contributed by atoms with van der Waals surface area (Å²) in [4.78, 5) is 4.96. The highest BCUT2D eigenvalue weighted by Crippen LogP contribution is 2.34. The number of hydrogen-bond acceptors (Lipinski definition) is 4. The van der Waals surface area contributed by atoms with Gasteiger partial charge in [-0.25, -0.2) is 0 Å². The second kappa shape index (κ2) is 5.29. The molecule has 4 heteroatoms. The van der Waals surface area contributed by atoms with Gasteiger partial charge in [-0.1, -0.05) is 0 Å². The molecule has 1 saturated heterocycles. The maximum Gasteiger partial charge on any atom is 0.143 e. The number of hydrogen-bond donors (Lipinski definition) is 1. The SMILES string of the molecule is CC1CN(CCN2CCCC2)c2cc(N)ccc2O1. The second-order valence-electron chi connectivity index (χ2n) is 5.65. The van der Waals surface area contributed by atoms with Gasteiger partial charge >= 0.3 is 0 Å². The van der Waals surface area contributed by atoms with E-state index >= 15 is 0 Å². The van der Waals surface area contributed by atoms with E-state index in [1.165, 1.54) is 25.9 Å². The Morgan fingerprint density at radius 1 is 1.26 bits per heavy atom. The minimum Gasteiger partial charge on any atom is -0.487 e. The summed E-state index contributed by atoms with van der Waals surface area (Å²) in [6.07, 6.45) is 2.95. The Hall–Kier alpha value is -1.42. The van der Waals surface area contributed by atoms with Gasteiger partial charge < -0.3 is 20.3 Å². The fraction of sp³-hybridized carbons (Fsp3) is 0.600. The topological polar surface area (TPSA) is 41.7 Å². The summed E-state index contributed by atoms with van der Waals surface area (Å²) in [6, 6.07) is 5.93. The maximum atomic E-state index is 5.90. The fourth-order valence-corrected chi connectivity index (χ4v) is 3.02. The summed E-state index contributed by atoms with van der Waals surface area (Å²) in [5, 5.41) is 0. The zero-order chi connectivity index (χ0) is 13.2. The van der Waals surface area contributed by atoms with Crippen molar-refractivity contribution >= 4 is 11.4 Å². The highest BCUT2D eigenvalue weighted by Gasteiger charge is 2.23. The molecule has 1 aromatic rings. The number of likely N-dealkylation sites (tertiary alicyclic amines) is 1. The van der Waals surface area contributed by atoms with Gasteiger partial charge in [0, 0.05) is 18.8 Å². The molecule has 1 aromatic carbocycles. The number of rotatable bonds is 3. The molecule has 1 unspecified atom stereocenters. The van der Waals surface area contributed by atoms with Crippen LogP contribution in [0.15, 0.2) is 18.2 Å². The van der Waals surface area contributed by atoms with Gasteiger partial charge in [0.1, 0.15) is 11.9 Å². The first-order valence-electron chi connectivity index (χ1n) is 7.26. The van der Waals surface area contributed by atoms with E-state index in [4.69, 9.17) is 10.5 Å². The van der Waals surface area contributed by atoms with Crippen molar-refractivity contribution in [2.45, 2.75) is 25.9 Å². The van der Waals surface area contributed by atoms with E-state index in [9.17, 15) is 0 Å². The molecule has 104 valence electrons. The van der Waals surface area contributed by atoms with E-state index in [-0.39, 0.29) is 6.10 Å². The molecule has 0 saturated carbocycles. The fourth-order valence-electron chi connectivity index (χ4n) is 3.02. The van der Waals surface area contributed by atoms with Crippen molar-refractivity contribution in [2.24, 2.45) is 0 Å². The lowest BCUT2D eigenvalue weighted by molar-refractivity contribution is 0.210. The molecule has 0 radical (unpaired) electrons. The number of anilines is 2. The van der Waals surface area contributed by atoms with Crippen LogP contribution in [-0.4, -0.2) is 43.7 Å². The minimum absolute atomic E-state index is 0.245. The Morgan fingerprint density at radius 3 is 2.84 bits per heavy atom. The first-order chi connectivity index (χ1) is 9.22. The number of fused-ring (bicyclic) bond motifs is 1. The molecule has 0 bridgehead atoms. The van der Waals surface area contributed by atoms with Crippen LogP contribution in [0.2, 0.25) is 0 Å². The minimum atomic E-state index is 0.245. The normalized spacial score (nSPS) is 23.2. The molecule has 3 rings (SSSR count). The molecule has 2 aliphatic rings. The number of nitrogens with zero attached hydrogens (tertiary/aromatic N) is 2. The lowest BCUT2D eigenvalue weighted by Gasteiger charge is -2.36. The van der Waals surface area contributed by atoms with Crippen LogP contribution >= 0.6 is 0 Å². The van der Waals surface area contributed by atoms with Crippen molar-refractivity contribution in [2.75, 3.05) is 43.4 Å². The van der Waals surface area contributed by atoms with Gasteiger partial charge in [0.25, 0.3) is 0 Å². The van der Waals surface area contributed by atoms with E-state index in [1.54, 1.807) is 0 Å². The van der Waals surface area contributed by atoms with Crippen LogP contribution < -0.4 is 15.4 Å². The molecular formula is C15H23N3O. The monoisotopic (exact) mass is 261 g/mol. The first kappa shape index (κ1) is 12.6. The lowest BCUT2D eigenvalue weighted by Crippen LogP contribution is -2.42. The summed E-state index contributed by atoms with van der Waals surface area (Å²) >= 11 is 0. The average molecular weight is 261 g/mol. The largest absolute Gasteiger partial charge is 0.487 e. The molecule has 1 atom stereocenters. The third-order valence-corrected chi connectivity index (χ3v) is 4.01. The maximum absolute atomic E-state index is 5.90. The van der Waals surface area contributed by atoms with Crippen LogP contribution in [0.5, 0.6) is 5.75 Å². The number of nitrogens with two attached hydrogens (primary N) is 1. The summed E-state index contributed by atoms with van der Waals surface area (Å²) in [7, 11) is 0. The van der Waals surface area contributed by atoms with Gasteiger partial charge in [0.2, 0.25) is 0 Å². The Bertz CT molecular complexity index is 443. The van der Waals surface area contributed by atoms with Crippen molar-refractivity contribution in [1.29, 1.82) is 0 Å². The molecule has 2 aliphatic heterocycles. The molecule has 1 fully saturated rings. The summed E-state index contributed by atoms with van der Waals surface area (Å²) in [5.41, 5.74) is 7.86. The quantitative estimate of drug-likeness (QED) is 0.845. The molecular weight excluding hydrogens is 238 g/mol. The third-order valence-electron chi connectivity index (χ3n) is 4.01. The zero-order valence-corrected chi connectivity index (χ0v) is 11.6. The van der Waals surface area contributed by atoms with Crippen molar-refractivity contribution in [1.82, 2.24) is 4.90 Å². The molecule has 2 N–H and O–H groups in total. The first-order valence-corrected chi connectivity index (χ1v) is 7.26. The van der Waals surface area contributed by atoms with E-state index in [2.05, 4.69) is 16.7 Å². The van der Waals surface area contributed by atoms with Gasteiger partial charge in [-0.2, -0.15) is 0 Å². The smallest absolute Gasteiger partial charge is 0.143 e. The highest BCUT2D eigenvalue weighted by molar-refractivity contribution is 5.66. The van der Waals surface area contributed by atoms with Crippen LogP contribution in [0.4, 0.5) is 11.4 Å². The molecule has 0 spiro atoms. The predicted octanol–water partition coefficient (Wildman–Crippen LogP) is 1.95. The standard InChI is InChI=1S/C15H23N3O/c1-12-11-18(9-8-17-6-2-3-7-17)14-10-13(16)4-5-15(14)19-12/h4-5,10,12H,2-3,6-9,11,16H2,1H3. The zero-order valence-electron chi connectivity index (χ0n) is 11.6. The number of benzene rings is 1. The van der Waals surface area contributed by atoms with E-state index in [0.29, 0.717) is 0 Å². The molecule has 0 amide bonds. The van der Waals surface area contributed by atoms with Gasteiger partial charge in [-0.05, 0) is 51.1 Å². The number of ether oxygens (including phenoxy) is 1. The Labute approximate surface area is 115 Å². The van der Waals surface area contributed by atoms with Gasteiger partial charge in [0.05, 0.1) is 12.2 Å². The van der Waals surface area contributed by atoms with E-state index in [1.807, 2.05) is 18.2 Å². The molecule has 0 aromatic heterocycles. The summed E-state index contributed by atoms with van der Waals surface area (Å²) in [6.45, 7) is 7.78. The van der Waals surface area contributed by atoms with Crippen molar-refractivity contribution < 1.29 is 4.74 Å². The van der Waals surface area contributed by atoms with Crippen molar-refractivity contribution in [3.63, 3.8) is 0 Å². The molecule has 2 heterocycles. The highest BCUT2D eigenvalue weighted by atomic mass is 16.5. The van der Waals surface area contributed by atoms with Crippen LogP contribution in [0.25, 0.3) is 0 Å². The third kappa shape index (κ3) is 2.78.